The van der Waals surface area contributed by atoms with Crippen LogP contribution in [-0.2, 0) is 4.79 Å². The summed E-state index contributed by atoms with van der Waals surface area (Å²) >= 11 is 0. The maximum atomic E-state index is 13.0. The zero-order valence-corrected chi connectivity index (χ0v) is 14.0. The standard InChI is InChI=1S/C19H20N2O4/c1-11-13(7-8-15(20-11)16-6-3-9-25-16)18(22)21-10-12-4-2-5-14(12)17(21)19(23)24/h3,6-9,12,14,17H,2,4-5,10H2,1H3,(H,23,24). The summed E-state index contributed by atoms with van der Waals surface area (Å²) in [5.74, 6) is -0.114. The van der Waals surface area contributed by atoms with E-state index in [4.69, 9.17) is 4.42 Å². The predicted molar refractivity (Wildman–Crippen MR) is 90.0 cm³/mol. The highest BCUT2D eigenvalue weighted by atomic mass is 16.4. The molecule has 4 rings (SSSR count). The Hall–Kier alpha value is -2.63. The Balaban J connectivity index is 1.63. The van der Waals surface area contributed by atoms with Gasteiger partial charge in [-0.1, -0.05) is 6.42 Å². The molecule has 1 saturated carbocycles. The van der Waals surface area contributed by atoms with E-state index in [1.807, 2.05) is 6.07 Å². The number of amides is 1. The van der Waals surface area contributed by atoms with Crippen molar-refractivity contribution in [3.8, 4) is 11.5 Å². The van der Waals surface area contributed by atoms with Gasteiger partial charge in [-0.05, 0) is 55.9 Å². The van der Waals surface area contributed by atoms with Crippen LogP contribution in [0.5, 0.6) is 0 Å². The molecule has 6 nitrogen and oxygen atoms in total. The molecule has 2 aromatic rings. The Morgan fingerprint density at radius 3 is 2.80 bits per heavy atom. The van der Waals surface area contributed by atoms with Crippen molar-refractivity contribution in [1.82, 2.24) is 9.88 Å². The molecule has 3 unspecified atom stereocenters. The Labute approximate surface area is 145 Å². The van der Waals surface area contributed by atoms with E-state index >= 15 is 0 Å². The van der Waals surface area contributed by atoms with E-state index in [9.17, 15) is 14.7 Å². The fraction of sp³-hybridized carbons (Fsp3) is 0.421. The number of aryl methyl sites for hydroxylation is 1. The maximum Gasteiger partial charge on any atom is 0.326 e. The third kappa shape index (κ3) is 2.62. The minimum Gasteiger partial charge on any atom is -0.480 e. The molecular weight excluding hydrogens is 320 g/mol. The molecular formula is C19H20N2O4. The Morgan fingerprint density at radius 1 is 1.28 bits per heavy atom. The van der Waals surface area contributed by atoms with Gasteiger partial charge in [-0.2, -0.15) is 0 Å². The van der Waals surface area contributed by atoms with Gasteiger partial charge >= 0.3 is 5.97 Å². The summed E-state index contributed by atoms with van der Waals surface area (Å²) in [5, 5.41) is 9.64. The van der Waals surface area contributed by atoms with Crippen LogP contribution in [-0.4, -0.2) is 39.5 Å². The van der Waals surface area contributed by atoms with E-state index in [2.05, 4.69) is 4.98 Å². The van der Waals surface area contributed by atoms with Crippen LogP contribution >= 0.6 is 0 Å². The van der Waals surface area contributed by atoms with Crippen molar-refractivity contribution in [1.29, 1.82) is 0 Å². The number of likely N-dealkylation sites (tertiary alicyclic amines) is 1. The average molecular weight is 340 g/mol. The van der Waals surface area contributed by atoms with Crippen LogP contribution in [0, 0.1) is 18.8 Å². The number of hydrogen-bond donors (Lipinski definition) is 1. The van der Waals surface area contributed by atoms with Crippen LogP contribution in [0.15, 0.2) is 34.9 Å². The van der Waals surface area contributed by atoms with E-state index in [0.717, 1.165) is 19.3 Å². The number of pyridine rings is 1. The van der Waals surface area contributed by atoms with Gasteiger partial charge in [0, 0.05) is 6.54 Å². The summed E-state index contributed by atoms with van der Waals surface area (Å²) in [7, 11) is 0. The number of furan rings is 1. The predicted octanol–water partition coefficient (Wildman–Crippen LogP) is 2.98. The van der Waals surface area contributed by atoms with Crippen LogP contribution in [0.2, 0.25) is 0 Å². The fourth-order valence-electron chi connectivity index (χ4n) is 4.33. The first-order chi connectivity index (χ1) is 12.1. The lowest BCUT2D eigenvalue weighted by molar-refractivity contribution is -0.142. The van der Waals surface area contributed by atoms with Gasteiger partial charge in [0.15, 0.2) is 5.76 Å². The lowest BCUT2D eigenvalue weighted by Gasteiger charge is -2.25. The highest BCUT2D eigenvalue weighted by molar-refractivity contribution is 5.98. The number of hydrogen-bond acceptors (Lipinski definition) is 4. The quantitative estimate of drug-likeness (QED) is 0.928. The molecule has 130 valence electrons. The van der Waals surface area contributed by atoms with Gasteiger partial charge in [0.05, 0.1) is 17.5 Å². The number of carboxylic acid groups (broad SMARTS) is 1. The van der Waals surface area contributed by atoms with Gasteiger partial charge in [-0.3, -0.25) is 4.79 Å². The minimum absolute atomic E-state index is 0.0807. The molecule has 1 aliphatic carbocycles. The smallest absolute Gasteiger partial charge is 0.326 e. The molecule has 3 atom stereocenters. The number of nitrogens with zero attached hydrogens (tertiary/aromatic N) is 2. The molecule has 2 aromatic heterocycles. The van der Waals surface area contributed by atoms with Crippen molar-refractivity contribution in [2.24, 2.45) is 11.8 Å². The van der Waals surface area contributed by atoms with Crippen molar-refractivity contribution in [3.05, 3.63) is 41.8 Å². The second-order valence-electron chi connectivity index (χ2n) is 6.90. The largest absolute Gasteiger partial charge is 0.480 e. The van der Waals surface area contributed by atoms with Crippen LogP contribution in [0.3, 0.4) is 0 Å². The van der Waals surface area contributed by atoms with Gasteiger partial charge in [0.1, 0.15) is 11.7 Å². The van der Waals surface area contributed by atoms with Gasteiger partial charge in [-0.25, -0.2) is 9.78 Å². The van der Waals surface area contributed by atoms with E-state index in [1.165, 1.54) is 4.90 Å². The molecule has 25 heavy (non-hydrogen) atoms. The zero-order valence-electron chi connectivity index (χ0n) is 14.0. The van der Waals surface area contributed by atoms with Gasteiger partial charge in [0.25, 0.3) is 5.91 Å². The number of rotatable bonds is 3. The monoisotopic (exact) mass is 340 g/mol. The van der Waals surface area contributed by atoms with E-state index in [-0.39, 0.29) is 11.8 Å². The van der Waals surface area contributed by atoms with Crippen LogP contribution in [0.4, 0.5) is 0 Å². The molecule has 6 heteroatoms. The average Bonchev–Trinajstić information content (AvgIpc) is 3.30. The van der Waals surface area contributed by atoms with E-state index in [0.29, 0.717) is 35.2 Å². The van der Waals surface area contributed by atoms with Crippen molar-refractivity contribution in [2.45, 2.75) is 32.2 Å². The summed E-state index contributed by atoms with van der Waals surface area (Å²) in [6, 6.07) is 6.34. The van der Waals surface area contributed by atoms with Crippen molar-refractivity contribution in [3.63, 3.8) is 0 Å². The lowest BCUT2D eigenvalue weighted by atomic mass is 9.94. The first kappa shape index (κ1) is 15.9. The summed E-state index contributed by atoms with van der Waals surface area (Å²) in [6.45, 7) is 2.30. The minimum atomic E-state index is -0.902. The Kier molecular flexibility index (Phi) is 3.82. The SMILES string of the molecule is Cc1nc(-c2ccco2)ccc1C(=O)N1CC2CCCC2C1C(=O)O. The number of carbonyl (C=O) groups is 2. The highest BCUT2D eigenvalue weighted by Gasteiger charge is 2.49. The maximum absolute atomic E-state index is 13.0. The molecule has 3 heterocycles. The second kappa shape index (κ2) is 6.02. The third-order valence-electron chi connectivity index (χ3n) is 5.49. The number of fused-ring (bicyclic) bond motifs is 1. The topological polar surface area (TPSA) is 83.6 Å². The number of aliphatic carboxylic acids is 1. The molecule has 0 aromatic carbocycles. The summed E-state index contributed by atoms with van der Waals surface area (Å²) < 4.78 is 5.34. The normalized spacial score (nSPS) is 25.2. The summed E-state index contributed by atoms with van der Waals surface area (Å²) in [4.78, 5) is 30.8. The van der Waals surface area contributed by atoms with Crippen molar-refractivity contribution < 1.29 is 19.1 Å². The fourth-order valence-corrected chi connectivity index (χ4v) is 4.33. The summed E-state index contributed by atoms with van der Waals surface area (Å²) in [5.41, 5.74) is 1.70. The Morgan fingerprint density at radius 2 is 2.12 bits per heavy atom. The van der Waals surface area contributed by atoms with Gasteiger partial charge < -0.3 is 14.4 Å². The molecule has 0 radical (unpaired) electrons. The first-order valence-corrected chi connectivity index (χ1v) is 8.61. The molecule has 1 N–H and O–H groups in total. The molecule has 1 aliphatic heterocycles. The van der Waals surface area contributed by atoms with Gasteiger partial charge in [0.2, 0.25) is 0 Å². The molecule has 2 fully saturated rings. The number of carbonyl (C=O) groups excluding carboxylic acids is 1. The first-order valence-electron chi connectivity index (χ1n) is 8.61. The highest BCUT2D eigenvalue weighted by Crippen LogP contribution is 2.42. The van der Waals surface area contributed by atoms with E-state index < -0.39 is 12.0 Å². The Bertz CT molecular complexity index is 815. The summed E-state index contributed by atoms with van der Waals surface area (Å²) in [6.07, 6.45) is 4.53. The van der Waals surface area contributed by atoms with Crippen molar-refractivity contribution >= 4 is 11.9 Å². The molecule has 1 amide bonds. The molecule has 1 saturated heterocycles. The van der Waals surface area contributed by atoms with Crippen LogP contribution < -0.4 is 0 Å². The zero-order chi connectivity index (χ0) is 17.6. The second-order valence-corrected chi connectivity index (χ2v) is 6.90. The number of aromatic nitrogens is 1. The van der Waals surface area contributed by atoms with Gasteiger partial charge in [-0.15, -0.1) is 0 Å². The van der Waals surface area contributed by atoms with Crippen LogP contribution in [0.1, 0.15) is 35.3 Å². The van der Waals surface area contributed by atoms with Crippen molar-refractivity contribution in [2.75, 3.05) is 6.54 Å². The van der Waals surface area contributed by atoms with E-state index in [1.54, 1.807) is 31.4 Å². The third-order valence-corrected chi connectivity index (χ3v) is 5.49. The molecule has 2 aliphatic rings. The lowest BCUT2D eigenvalue weighted by Crippen LogP contribution is -2.43. The van der Waals surface area contributed by atoms with Crippen LogP contribution in [0.25, 0.3) is 11.5 Å². The molecule has 0 spiro atoms. The molecule has 0 bridgehead atoms. The number of carboxylic acids is 1.